The molecule has 7 heteroatoms. The van der Waals surface area contributed by atoms with Gasteiger partial charge in [0.25, 0.3) is 0 Å². The monoisotopic (exact) mass is 234 g/mol. The van der Waals surface area contributed by atoms with Crippen LogP contribution >= 0.6 is 12.4 Å². The van der Waals surface area contributed by atoms with Gasteiger partial charge in [-0.3, -0.25) is 0 Å². The normalized spacial score (nSPS) is 9.20. The first-order valence-corrected chi connectivity index (χ1v) is 4.40. The summed E-state index contributed by atoms with van der Waals surface area (Å²) < 4.78 is 0. The molecular formula is C8H15ClN4O2. The minimum absolute atomic E-state index is 0. The maximum atomic E-state index is 8.55. The molecule has 1 heterocycles. The van der Waals surface area contributed by atoms with E-state index in [2.05, 4.69) is 20.8 Å². The summed E-state index contributed by atoms with van der Waals surface area (Å²) in [4.78, 5) is 0. The van der Waals surface area contributed by atoms with Crippen LogP contribution in [0.25, 0.3) is 0 Å². The molecule has 0 radical (unpaired) electrons. The van der Waals surface area contributed by atoms with Gasteiger partial charge in [-0.1, -0.05) is 0 Å². The highest BCUT2D eigenvalue weighted by Crippen LogP contribution is 2.04. The first-order chi connectivity index (χ1) is 6.86. The lowest BCUT2D eigenvalue weighted by atomic mass is 10.5. The molecule has 0 aliphatic heterocycles. The van der Waals surface area contributed by atoms with Crippen LogP contribution < -0.4 is 10.6 Å². The number of aliphatic hydroxyl groups is 2. The molecule has 0 bridgehead atoms. The van der Waals surface area contributed by atoms with Crippen LogP contribution in [0, 0.1) is 0 Å². The second kappa shape index (κ2) is 8.22. The molecule has 0 amide bonds. The van der Waals surface area contributed by atoms with Crippen molar-refractivity contribution in [2.75, 3.05) is 36.9 Å². The lowest BCUT2D eigenvalue weighted by Crippen LogP contribution is -2.10. The molecule has 6 nitrogen and oxygen atoms in total. The molecule has 0 aliphatic carbocycles. The average molecular weight is 235 g/mol. The van der Waals surface area contributed by atoms with Crippen LogP contribution in [0.15, 0.2) is 12.1 Å². The molecule has 1 rings (SSSR count). The van der Waals surface area contributed by atoms with Crippen molar-refractivity contribution in [1.29, 1.82) is 0 Å². The maximum absolute atomic E-state index is 8.55. The zero-order valence-corrected chi connectivity index (χ0v) is 9.00. The Morgan fingerprint density at radius 3 is 1.60 bits per heavy atom. The molecule has 1 aromatic rings. The molecule has 15 heavy (non-hydrogen) atoms. The minimum Gasteiger partial charge on any atom is -0.395 e. The van der Waals surface area contributed by atoms with Gasteiger partial charge in [0.1, 0.15) is 11.6 Å². The van der Waals surface area contributed by atoms with Crippen LogP contribution in [0.5, 0.6) is 0 Å². The van der Waals surface area contributed by atoms with E-state index in [4.69, 9.17) is 10.2 Å². The topological polar surface area (TPSA) is 90.3 Å². The van der Waals surface area contributed by atoms with Crippen molar-refractivity contribution in [2.24, 2.45) is 0 Å². The van der Waals surface area contributed by atoms with Gasteiger partial charge < -0.3 is 20.8 Å². The van der Waals surface area contributed by atoms with Gasteiger partial charge in [-0.05, 0) is 12.1 Å². The van der Waals surface area contributed by atoms with Crippen LogP contribution in [-0.2, 0) is 0 Å². The van der Waals surface area contributed by atoms with Crippen molar-refractivity contribution in [2.45, 2.75) is 0 Å². The molecule has 0 aliphatic rings. The second-order valence-corrected chi connectivity index (χ2v) is 2.60. The fourth-order valence-electron chi connectivity index (χ4n) is 0.889. The molecule has 0 aromatic carbocycles. The number of anilines is 2. The second-order valence-electron chi connectivity index (χ2n) is 2.60. The van der Waals surface area contributed by atoms with E-state index in [1.165, 1.54) is 0 Å². The zero-order chi connectivity index (χ0) is 10.2. The summed E-state index contributed by atoms with van der Waals surface area (Å²) in [6, 6.07) is 3.50. The third kappa shape index (κ3) is 5.36. The summed E-state index contributed by atoms with van der Waals surface area (Å²) in [6.07, 6.45) is 0. The number of aliphatic hydroxyl groups excluding tert-OH is 2. The number of hydrogen-bond donors (Lipinski definition) is 4. The Hall–Kier alpha value is -1.11. The molecule has 0 saturated carbocycles. The van der Waals surface area contributed by atoms with Gasteiger partial charge in [0.15, 0.2) is 0 Å². The SMILES string of the molecule is Cl.OCCNc1ccc(NCCO)nn1. The molecule has 1 aromatic heterocycles. The Bertz CT molecular complexity index is 230. The van der Waals surface area contributed by atoms with Crippen LogP contribution in [0.3, 0.4) is 0 Å². The van der Waals surface area contributed by atoms with E-state index in [1.54, 1.807) is 12.1 Å². The van der Waals surface area contributed by atoms with Crippen LogP contribution in [0.2, 0.25) is 0 Å². The van der Waals surface area contributed by atoms with Gasteiger partial charge in [0.05, 0.1) is 13.2 Å². The zero-order valence-electron chi connectivity index (χ0n) is 8.18. The Morgan fingerprint density at radius 2 is 1.33 bits per heavy atom. The molecule has 0 saturated heterocycles. The molecule has 0 unspecified atom stereocenters. The van der Waals surface area contributed by atoms with Gasteiger partial charge in [-0.15, -0.1) is 22.6 Å². The van der Waals surface area contributed by atoms with E-state index < -0.39 is 0 Å². The molecule has 0 spiro atoms. The molecule has 0 atom stereocenters. The van der Waals surface area contributed by atoms with Crippen molar-refractivity contribution in [3.8, 4) is 0 Å². The third-order valence-electron chi connectivity index (χ3n) is 1.50. The Kier molecular flexibility index (Phi) is 7.61. The Balaban J connectivity index is 0.00000196. The first kappa shape index (κ1) is 13.9. The lowest BCUT2D eigenvalue weighted by Gasteiger charge is -2.04. The highest BCUT2D eigenvalue weighted by molar-refractivity contribution is 5.85. The van der Waals surface area contributed by atoms with Crippen LogP contribution in [-0.4, -0.2) is 46.7 Å². The van der Waals surface area contributed by atoms with E-state index >= 15 is 0 Å². The van der Waals surface area contributed by atoms with Crippen LogP contribution in [0.4, 0.5) is 11.6 Å². The van der Waals surface area contributed by atoms with Crippen LogP contribution in [0.1, 0.15) is 0 Å². The lowest BCUT2D eigenvalue weighted by molar-refractivity contribution is 0.310. The van der Waals surface area contributed by atoms with Crippen molar-refractivity contribution in [3.63, 3.8) is 0 Å². The van der Waals surface area contributed by atoms with Crippen molar-refractivity contribution in [1.82, 2.24) is 10.2 Å². The maximum Gasteiger partial charge on any atom is 0.148 e. The number of aromatic nitrogens is 2. The van der Waals surface area contributed by atoms with E-state index in [0.717, 1.165) is 0 Å². The van der Waals surface area contributed by atoms with Gasteiger partial charge in [-0.25, -0.2) is 0 Å². The number of nitrogens with zero attached hydrogens (tertiary/aromatic N) is 2. The van der Waals surface area contributed by atoms with Gasteiger partial charge in [0, 0.05) is 13.1 Å². The molecular weight excluding hydrogens is 220 g/mol. The highest BCUT2D eigenvalue weighted by Gasteiger charge is 1.95. The number of halogens is 1. The first-order valence-electron chi connectivity index (χ1n) is 4.40. The quantitative estimate of drug-likeness (QED) is 0.541. The predicted octanol–water partition coefficient (Wildman–Crippen LogP) is -0.293. The summed E-state index contributed by atoms with van der Waals surface area (Å²) in [6.45, 7) is 1.04. The molecule has 4 N–H and O–H groups in total. The van der Waals surface area contributed by atoms with E-state index in [1.807, 2.05) is 0 Å². The Labute approximate surface area is 94.1 Å². The largest absolute Gasteiger partial charge is 0.395 e. The molecule has 86 valence electrons. The van der Waals surface area contributed by atoms with E-state index in [9.17, 15) is 0 Å². The predicted molar refractivity (Wildman–Crippen MR) is 60.4 cm³/mol. The highest BCUT2D eigenvalue weighted by atomic mass is 35.5. The average Bonchev–Trinajstić information content (AvgIpc) is 2.25. The van der Waals surface area contributed by atoms with Crippen molar-refractivity contribution >= 4 is 24.0 Å². The van der Waals surface area contributed by atoms with E-state index in [-0.39, 0.29) is 25.6 Å². The van der Waals surface area contributed by atoms with Gasteiger partial charge in [-0.2, -0.15) is 0 Å². The fraction of sp³-hybridized carbons (Fsp3) is 0.500. The number of hydrogen-bond acceptors (Lipinski definition) is 6. The number of rotatable bonds is 6. The summed E-state index contributed by atoms with van der Waals surface area (Å²) in [5, 5.41) is 30.6. The third-order valence-corrected chi connectivity index (χ3v) is 1.50. The standard InChI is InChI=1S/C8H14N4O2.ClH/c13-5-3-9-7-1-2-8(12-11-7)10-4-6-14;/h1-2,13-14H,3-6H2,(H,9,11)(H,10,12);1H. The molecule has 0 fully saturated rings. The number of nitrogens with one attached hydrogen (secondary N) is 2. The van der Waals surface area contributed by atoms with Gasteiger partial charge in [0.2, 0.25) is 0 Å². The Morgan fingerprint density at radius 1 is 0.933 bits per heavy atom. The summed E-state index contributed by atoms with van der Waals surface area (Å²) in [5.74, 6) is 1.24. The van der Waals surface area contributed by atoms with Crippen molar-refractivity contribution in [3.05, 3.63) is 12.1 Å². The summed E-state index contributed by atoms with van der Waals surface area (Å²) >= 11 is 0. The van der Waals surface area contributed by atoms with E-state index in [0.29, 0.717) is 24.7 Å². The van der Waals surface area contributed by atoms with Gasteiger partial charge >= 0.3 is 0 Å². The smallest absolute Gasteiger partial charge is 0.148 e. The summed E-state index contributed by atoms with van der Waals surface area (Å²) in [7, 11) is 0. The minimum atomic E-state index is 0. The fourth-order valence-corrected chi connectivity index (χ4v) is 0.889. The van der Waals surface area contributed by atoms with Crippen molar-refractivity contribution < 1.29 is 10.2 Å². The summed E-state index contributed by atoms with van der Waals surface area (Å²) in [5.41, 5.74) is 0.